The number of fused-ring (bicyclic) bond motifs is 5. The van der Waals surface area contributed by atoms with E-state index in [0.717, 1.165) is 6.42 Å². The minimum absolute atomic E-state index is 0.457. The molecule has 6 aromatic carbocycles. The van der Waals surface area contributed by atoms with Crippen molar-refractivity contribution in [2.75, 3.05) is 4.90 Å². The average molecular weight is 529 g/mol. The van der Waals surface area contributed by atoms with E-state index >= 15 is 0 Å². The van der Waals surface area contributed by atoms with Gasteiger partial charge in [0.05, 0.1) is 11.0 Å². The molecular formula is C39H32N2. The second-order valence-electron chi connectivity index (χ2n) is 11.6. The van der Waals surface area contributed by atoms with Crippen LogP contribution in [-0.4, -0.2) is 10.6 Å². The van der Waals surface area contributed by atoms with Crippen molar-refractivity contribution in [1.82, 2.24) is 4.57 Å². The zero-order valence-corrected chi connectivity index (χ0v) is 23.5. The van der Waals surface area contributed by atoms with Crippen molar-refractivity contribution in [3.05, 3.63) is 139 Å². The van der Waals surface area contributed by atoms with E-state index in [0.29, 0.717) is 12.0 Å². The summed E-state index contributed by atoms with van der Waals surface area (Å²) in [5.74, 6) is 0.607. The minimum atomic E-state index is 0.457. The lowest BCUT2D eigenvalue weighted by molar-refractivity contribution is 0.455. The molecule has 0 spiro atoms. The van der Waals surface area contributed by atoms with Crippen molar-refractivity contribution in [3.8, 4) is 16.8 Å². The van der Waals surface area contributed by atoms with E-state index in [-0.39, 0.29) is 0 Å². The van der Waals surface area contributed by atoms with Crippen LogP contribution < -0.4 is 4.90 Å². The first-order valence-corrected chi connectivity index (χ1v) is 14.7. The molecule has 41 heavy (non-hydrogen) atoms. The van der Waals surface area contributed by atoms with Crippen LogP contribution in [0.25, 0.3) is 49.4 Å². The molecule has 0 bridgehead atoms. The lowest BCUT2D eigenvalue weighted by Crippen LogP contribution is -2.39. The Balaban J connectivity index is 1.17. The molecule has 1 aliphatic rings. The van der Waals surface area contributed by atoms with E-state index < -0.39 is 0 Å². The first-order chi connectivity index (χ1) is 20.2. The van der Waals surface area contributed by atoms with Gasteiger partial charge in [-0.05, 0) is 95.3 Å². The summed E-state index contributed by atoms with van der Waals surface area (Å²) in [6.07, 6.45) is 1.14. The van der Waals surface area contributed by atoms with E-state index in [4.69, 9.17) is 0 Å². The first-order valence-electron chi connectivity index (χ1n) is 14.7. The van der Waals surface area contributed by atoms with Gasteiger partial charge >= 0.3 is 0 Å². The Labute approximate surface area is 241 Å². The number of hydrogen-bond acceptors (Lipinski definition) is 1. The Bertz CT molecular complexity index is 2050. The number of para-hydroxylation sites is 2. The van der Waals surface area contributed by atoms with Crippen LogP contribution in [-0.2, 0) is 6.42 Å². The molecule has 2 heterocycles. The summed E-state index contributed by atoms with van der Waals surface area (Å²) in [6, 6.07) is 49.5. The predicted octanol–water partition coefficient (Wildman–Crippen LogP) is 10.3. The van der Waals surface area contributed by atoms with Gasteiger partial charge in [-0.25, -0.2) is 0 Å². The van der Waals surface area contributed by atoms with Crippen molar-refractivity contribution in [2.45, 2.75) is 26.3 Å². The minimum Gasteiger partial charge on any atom is -0.338 e. The zero-order valence-electron chi connectivity index (χ0n) is 23.5. The van der Waals surface area contributed by atoms with Gasteiger partial charge in [0.25, 0.3) is 0 Å². The monoisotopic (exact) mass is 528 g/mol. The molecule has 0 saturated heterocycles. The summed E-state index contributed by atoms with van der Waals surface area (Å²) < 4.78 is 2.40. The number of hydrogen-bond donors (Lipinski definition) is 0. The summed E-state index contributed by atoms with van der Waals surface area (Å²) in [6.45, 7) is 4.72. The van der Waals surface area contributed by atoms with Gasteiger partial charge in [0.2, 0.25) is 0 Å². The van der Waals surface area contributed by atoms with Crippen molar-refractivity contribution in [1.29, 1.82) is 0 Å². The number of rotatable bonds is 3. The molecule has 0 N–H and O–H groups in total. The molecule has 7 aromatic rings. The summed E-state index contributed by atoms with van der Waals surface area (Å²) >= 11 is 0. The molecule has 198 valence electrons. The quantitative estimate of drug-likeness (QED) is 0.221. The van der Waals surface area contributed by atoms with Crippen molar-refractivity contribution in [3.63, 3.8) is 0 Å². The molecule has 8 rings (SSSR count). The van der Waals surface area contributed by atoms with Gasteiger partial charge in [0.1, 0.15) is 0 Å². The van der Waals surface area contributed by atoms with Crippen LogP contribution in [0.2, 0.25) is 0 Å². The Morgan fingerprint density at radius 2 is 1.15 bits per heavy atom. The summed E-state index contributed by atoms with van der Waals surface area (Å²) in [4.78, 5) is 2.52. The maximum atomic E-state index is 2.52. The molecule has 2 nitrogen and oxygen atoms in total. The lowest BCUT2D eigenvalue weighted by atomic mass is 9.87. The molecule has 0 aliphatic carbocycles. The van der Waals surface area contributed by atoms with Crippen LogP contribution in [0, 0.1) is 5.92 Å². The molecule has 0 saturated carbocycles. The highest BCUT2D eigenvalue weighted by atomic mass is 15.2. The van der Waals surface area contributed by atoms with Crippen LogP contribution in [0.15, 0.2) is 133 Å². The Morgan fingerprint density at radius 1 is 0.537 bits per heavy atom. The molecular weight excluding hydrogens is 496 g/mol. The molecule has 0 amide bonds. The second-order valence-corrected chi connectivity index (χ2v) is 11.6. The van der Waals surface area contributed by atoms with Gasteiger partial charge in [-0.3, -0.25) is 0 Å². The van der Waals surface area contributed by atoms with E-state index in [1.807, 2.05) is 0 Å². The number of aromatic nitrogens is 1. The number of nitrogens with zero attached hydrogens (tertiary/aromatic N) is 2. The van der Waals surface area contributed by atoms with E-state index in [9.17, 15) is 0 Å². The van der Waals surface area contributed by atoms with Gasteiger partial charge in [0.15, 0.2) is 0 Å². The molecule has 1 aromatic heterocycles. The Kier molecular flexibility index (Phi) is 5.50. The largest absolute Gasteiger partial charge is 0.338 e. The lowest BCUT2D eigenvalue weighted by Gasteiger charge is -2.41. The van der Waals surface area contributed by atoms with E-state index in [1.54, 1.807) is 0 Å². The number of anilines is 2. The topological polar surface area (TPSA) is 8.17 Å². The van der Waals surface area contributed by atoms with Crippen molar-refractivity contribution in [2.24, 2.45) is 5.92 Å². The van der Waals surface area contributed by atoms with Crippen molar-refractivity contribution >= 4 is 44.0 Å². The Hall–Kier alpha value is -4.82. The van der Waals surface area contributed by atoms with Crippen molar-refractivity contribution < 1.29 is 0 Å². The average Bonchev–Trinajstić information content (AvgIpc) is 3.34. The van der Waals surface area contributed by atoms with Crippen LogP contribution in [0.4, 0.5) is 11.4 Å². The SMILES string of the molecule is CC1Cc2ccccc2N(c2ccc(-c3ccc(-n4c5ccccc5c5cc6ccccc6cc54)cc3)cc2)C1C. The maximum absolute atomic E-state index is 2.52. The van der Waals surface area contributed by atoms with Gasteiger partial charge in [0, 0.05) is 33.9 Å². The summed E-state index contributed by atoms with van der Waals surface area (Å²) in [5, 5.41) is 5.12. The van der Waals surface area contributed by atoms with Gasteiger partial charge in [-0.2, -0.15) is 0 Å². The van der Waals surface area contributed by atoms with Gasteiger partial charge in [-0.1, -0.05) is 91.9 Å². The predicted molar refractivity (Wildman–Crippen MR) is 175 cm³/mol. The fourth-order valence-corrected chi connectivity index (χ4v) is 6.83. The highest BCUT2D eigenvalue weighted by molar-refractivity contribution is 6.13. The third-order valence-corrected chi connectivity index (χ3v) is 9.17. The second kappa shape index (κ2) is 9.38. The highest BCUT2D eigenvalue weighted by Gasteiger charge is 2.29. The Morgan fingerprint density at radius 3 is 1.90 bits per heavy atom. The summed E-state index contributed by atoms with van der Waals surface area (Å²) in [7, 11) is 0. The molecule has 2 heteroatoms. The fraction of sp³-hybridized carbons (Fsp3) is 0.128. The summed E-state index contributed by atoms with van der Waals surface area (Å²) in [5.41, 5.74) is 10.2. The molecule has 0 radical (unpaired) electrons. The van der Waals surface area contributed by atoms with Gasteiger partial charge < -0.3 is 9.47 Å². The maximum Gasteiger partial charge on any atom is 0.0547 e. The van der Waals surface area contributed by atoms with Crippen LogP contribution in [0.5, 0.6) is 0 Å². The van der Waals surface area contributed by atoms with E-state index in [1.165, 1.54) is 66.3 Å². The molecule has 1 aliphatic heterocycles. The van der Waals surface area contributed by atoms with E-state index in [2.05, 4.69) is 157 Å². The normalized spacial score (nSPS) is 16.9. The van der Waals surface area contributed by atoms with Crippen LogP contribution >= 0.6 is 0 Å². The molecule has 2 atom stereocenters. The zero-order chi connectivity index (χ0) is 27.5. The van der Waals surface area contributed by atoms with Crippen LogP contribution in [0.1, 0.15) is 19.4 Å². The fourth-order valence-electron chi connectivity index (χ4n) is 6.83. The third-order valence-electron chi connectivity index (χ3n) is 9.17. The number of benzene rings is 6. The molecule has 0 fully saturated rings. The molecule has 2 unspecified atom stereocenters. The highest BCUT2D eigenvalue weighted by Crippen LogP contribution is 2.40. The third kappa shape index (κ3) is 3.86. The van der Waals surface area contributed by atoms with Crippen LogP contribution in [0.3, 0.4) is 0 Å². The first kappa shape index (κ1) is 24.0. The van der Waals surface area contributed by atoms with Gasteiger partial charge in [-0.15, -0.1) is 0 Å². The smallest absolute Gasteiger partial charge is 0.0547 e. The standard InChI is InChI=1S/C39H32N2/c1-26-23-32-11-5-7-13-37(32)40(27(26)2)33-19-15-28(16-20-33)29-17-21-34(22-18-29)41-38-14-8-6-12-35(38)36-24-30-9-3-4-10-31(30)25-39(36)41/h3-22,24-27H,23H2,1-2H3.